The molecule has 0 spiro atoms. The number of nitroso groups, excluding NO2 is 1. The molecule has 1 aliphatic rings. The number of aliphatic carboxylic acids is 1. The van der Waals surface area contributed by atoms with E-state index in [2.05, 4.69) is 23.1 Å². The second-order valence-electron chi connectivity index (χ2n) is 5.72. The summed E-state index contributed by atoms with van der Waals surface area (Å²) >= 11 is 4.37. The summed E-state index contributed by atoms with van der Waals surface area (Å²) in [6, 6.07) is 6.87. The number of carbonyl (C=O) groups excluding carboxylic acids is 1. The van der Waals surface area contributed by atoms with Crippen LogP contribution in [0.15, 0.2) is 35.5 Å². The minimum Gasteiger partial charge on any atom is -0.480 e. The molecule has 1 heterocycles. The number of hydrogen-bond donors (Lipinski definition) is 3. The molecule has 3 unspecified atom stereocenters. The Kier molecular flexibility index (Phi) is 5.38. The fraction of sp³-hybridized carbons (Fsp3) is 0.467. The molecule has 0 radical (unpaired) electrons. The highest BCUT2D eigenvalue weighted by atomic mass is 32.1. The van der Waals surface area contributed by atoms with E-state index in [1.165, 1.54) is 0 Å². The van der Waals surface area contributed by atoms with Gasteiger partial charge in [-0.3, -0.25) is 9.69 Å². The summed E-state index contributed by atoms with van der Waals surface area (Å²) in [4.78, 5) is 37.3. The summed E-state index contributed by atoms with van der Waals surface area (Å²) in [5.74, 6) is -1.82. The predicted molar refractivity (Wildman–Crippen MR) is 88.5 cm³/mol. The zero-order valence-corrected chi connectivity index (χ0v) is 13.6. The second kappa shape index (κ2) is 7.10. The van der Waals surface area contributed by atoms with Crippen molar-refractivity contribution in [1.82, 2.24) is 10.2 Å². The summed E-state index contributed by atoms with van der Waals surface area (Å²) in [5, 5.41) is 14.8. The van der Waals surface area contributed by atoms with Crippen molar-refractivity contribution in [3.8, 4) is 0 Å². The molecule has 1 fully saturated rings. The van der Waals surface area contributed by atoms with Crippen LogP contribution in [0.5, 0.6) is 0 Å². The Morgan fingerprint density at radius 3 is 2.61 bits per heavy atom. The van der Waals surface area contributed by atoms with Gasteiger partial charge < -0.3 is 10.4 Å². The van der Waals surface area contributed by atoms with E-state index in [9.17, 15) is 19.6 Å². The first-order valence-electron chi connectivity index (χ1n) is 7.21. The van der Waals surface area contributed by atoms with Crippen LogP contribution in [0.3, 0.4) is 0 Å². The number of thiol groups is 1. The minimum absolute atomic E-state index is 0.155. The highest BCUT2D eigenvalue weighted by Crippen LogP contribution is 2.34. The Labute approximate surface area is 139 Å². The number of nitrogens with zero attached hydrogens (tertiary/aromatic N) is 2. The number of benzene rings is 1. The van der Waals surface area contributed by atoms with Crippen molar-refractivity contribution in [1.29, 1.82) is 0 Å². The lowest BCUT2D eigenvalue weighted by Crippen LogP contribution is -2.60. The Bertz CT molecular complexity index is 598. The molecule has 2 N–H and O–H groups in total. The van der Waals surface area contributed by atoms with Gasteiger partial charge in [-0.05, 0) is 25.6 Å². The SMILES string of the molecule is CN1CCC(N=O)(C(NC(=O)c2ccccc2)C(=O)O)CC1S. The van der Waals surface area contributed by atoms with Crippen molar-refractivity contribution in [2.45, 2.75) is 29.8 Å². The third-order valence-electron chi connectivity index (χ3n) is 4.22. The van der Waals surface area contributed by atoms with E-state index in [0.717, 1.165) is 0 Å². The molecule has 8 heteroatoms. The Hall–Kier alpha value is -1.93. The van der Waals surface area contributed by atoms with Gasteiger partial charge in [-0.25, -0.2) is 4.79 Å². The summed E-state index contributed by atoms with van der Waals surface area (Å²) in [6.45, 7) is 0.477. The number of carboxylic acid groups (broad SMARTS) is 1. The molecule has 1 aromatic rings. The maximum atomic E-state index is 12.3. The molecule has 0 bridgehead atoms. The number of nitrogens with one attached hydrogen (secondary N) is 1. The van der Waals surface area contributed by atoms with Crippen molar-refractivity contribution in [2.24, 2.45) is 5.18 Å². The number of amides is 1. The monoisotopic (exact) mass is 337 g/mol. The number of rotatable bonds is 5. The maximum Gasteiger partial charge on any atom is 0.328 e. The quantitative estimate of drug-likeness (QED) is 0.556. The number of carboxylic acids is 1. The molecule has 23 heavy (non-hydrogen) atoms. The average molecular weight is 337 g/mol. The number of carbonyl (C=O) groups is 2. The summed E-state index contributed by atoms with van der Waals surface area (Å²) in [7, 11) is 1.84. The standard InChI is InChI=1S/C15H19N3O4S/c1-18-8-7-15(17-22,9-11(18)23)12(14(20)21)16-13(19)10-5-3-2-4-6-10/h2-6,11-12,23H,7-9H2,1H3,(H,16,19)(H,20,21). The van der Waals surface area contributed by atoms with Crippen molar-refractivity contribution < 1.29 is 14.7 Å². The molecular formula is C15H19N3O4S. The van der Waals surface area contributed by atoms with Crippen LogP contribution >= 0.6 is 12.6 Å². The van der Waals surface area contributed by atoms with Gasteiger partial charge in [0.1, 0.15) is 5.54 Å². The molecule has 0 aliphatic carbocycles. The normalized spacial score (nSPS) is 26.3. The van der Waals surface area contributed by atoms with Gasteiger partial charge in [0.2, 0.25) is 0 Å². The molecule has 0 saturated carbocycles. The van der Waals surface area contributed by atoms with Gasteiger partial charge in [-0.1, -0.05) is 23.4 Å². The van der Waals surface area contributed by atoms with Crippen molar-refractivity contribution in [2.75, 3.05) is 13.6 Å². The number of hydrogen-bond acceptors (Lipinski definition) is 6. The fourth-order valence-electron chi connectivity index (χ4n) is 2.72. The van der Waals surface area contributed by atoms with Gasteiger partial charge in [-0.15, -0.1) is 0 Å². The summed E-state index contributed by atoms with van der Waals surface area (Å²) in [6.07, 6.45) is 0.401. The Balaban J connectivity index is 2.25. The van der Waals surface area contributed by atoms with Crippen LogP contribution < -0.4 is 5.32 Å². The lowest BCUT2D eigenvalue weighted by Gasteiger charge is -2.42. The zero-order chi connectivity index (χ0) is 17.0. The molecule has 1 aromatic carbocycles. The van der Waals surface area contributed by atoms with Crippen LogP contribution in [0, 0.1) is 4.91 Å². The zero-order valence-electron chi connectivity index (χ0n) is 12.7. The van der Waals surface area contributed by atoms with Gasteiger partial charge >= 0.3 is 5.97 Å². The third kappa shape index (κ3) is 3.70. The maximum absolute atomic E-state index is 12.3. The van der Waals surface area contributed by atoms with Gasteiger partial charge in [0.15, 0.2) is 6.04 Å². The first kappa shape index (κ1) is 17.4. The van der Waals surface area contributed by atoms with Gasteiger partial charge in [-0.2, -0.15) is 17.5 Å². The van der Waals surface area contributed by atoms with E-state index in [0.29, 0.717) is 12.1 Å². The molecular weight excluding hydrogens is 318 g/mol. The van der Waals surface area contributed by atoms with E-state index < -0.39 is 23.5 Å². The lowest BCUT2D eigenvalue weighted by molar-refractivity contribution is -0.141. The van der Waals surface area contributed by atoms with Crippen LogP contribution in [-0.4, -0.2) is 52.4 Å². The molecule has 0 aromatic heterocycles. The lowest BCUT2D eigenvalue weighted by atomic mass is 9.81. The molecule has 2 rings (SSSR count). The van der Waals surface area contributed by atoms with Crippen LogP contribution in [0.25, 0.3) is 0 Å². The van der Waals surface area contributed by atoms with Gasteiger partial charge in [0, 0.05) is 18.5 Å². The highest BCUT2D eigenvalue weighted by molar-refractivity contribution is 7.80. The highest BCUT2D eigenvalue weighted by Gasteiger charge is 2.49. The molecule has 1 aliphatic heterocycles. The van der Waals surface area contributed by atoms with Crippen molar-refractivity contribution in [3.05, 3.63) is 40.8 Å². The molecule has 3 atom stereocenters. The fourth-order valence-corrected chi connectivity index (χ4v) is 3.15. The van der Waals surface area contributed by atoms with Crippen molar-refractivity contribution >= 4 is 24.5 Å². The van der Waals surface area contributed by atoms with Crippen LogP contribution in [-0.2, 0) is 4.79 Å². The second-order valence-corrected chi connectivity index (χ2v) is 6.32. The number of likely N-dealkylation sites (tertiary alicyclic amines) is 1. The Morgan fingerprint density at radius 2 is 2.09 bits per heavy atom. The minimum atomic E-state index is -1.41. The molecule has 7 nitrogen and oxygen atoms in total. The third-order valence-corrected chi connectivity index (χ3v) is 4.80. The van der Waals surface area contributed by atoms with E-state index in [1.807, 2.05) is 11.9 Å². The predicted octanol–water partition coefficient (Wildman–Crippen LogP) is 1.36. The van der Waals surface area contributed by atoms with Crippen LogP contribution in [0.2, 0.25) is 0 Å². The molecule has 1 saturated heterocycles. The Morgan fingerprint density at radius 1 is 1.43 bits per heavy atom. The average Bonchev–Trinajstić information content (AvgIpc) is 2.56. The molecule has 124 valence electrons. The molecule has 1 amide bonds. The van der Waals surface area contributed by atoms with Crippen molar-refractivity contribution in [3.63, 3.8) is 0 Å². The van der Waals surface area contributed by atoms with Crippen LogP contribution in [0.1, 0.15) is 23.2 Å². The largest absolute Gasteiger partial charge is 0.480 e. The smallest absolute Gasteiger partial charge is 0.328 e. The number of piperidine rings is 1. The van der Waals surface area contributed by atoms with Crippen LogP contribution in [0.4, 0.5) is 0 Å². The van der Waals surface area contributed by atoms with Gasteiger partial charge in [0.25, 0.3) is 5.91 Å². The van der Waals surface area contributed by atoms with E-state index in [-0.39, 0.29) is 18.2 Å². The van der Waals surface area contributed by atoms with E-state index in [4.69, 9.17) is 0 Å². The van der Waals surface area contributed by atoms with Gasteiger partial charge in [0.05, 0.1) is 5.37 Å². The summed E-state index contributed by atoms with van der Waals surface area (Å²) < 4.78 is 0. The van der Waals surface area contributed by atoms with E-state index >= 15 is 0 Å². The first-order chi connectivity index (χ1) is 10.9. The topological polar surface area (TPSA) is 99.1 Å². The first-order valence-corrected chi connectivity index (χ1v) is 7.73. The van der Waals surface area contributed by atoms with E-state index in [1.54, 1.807) is 30.3 Å². The summed E-state index contributed by atoms with van der Waals surface area (Å²) in [5.41, 5.74) is -1.08.